The van der Waals surface area contributed by atoms with Crippen LogP contribution in [0.3, 0.4) is 0 Å². The van der Waals surface area contributed by atoms with Crippen molar-refractivity contribution >= 4 is 83.0 Å². The van der Waals surface area contributed by atoms with Crippen molar-refractivity contribution in [2.75, 3.05) is 0 Å². The quantitative estimate of drug-likeness (QED) is 0.112. The van der Waals surface area contributed by atoms with Crippen LogP contribution in [0.5, 0.6) is 0 Å². The van der Waals surface area contributed by atoms with Gasteiger partial charge in [-0.2, -0.15) is 0 Å². The molecule has 4 aromatic rings. The number of thiophene rings is 4. The maximum Gasteiger partial charge on any atom is 0.196 e. The summed E-state index contributed by atoms with van der Waals surface area (Å²) in [5, 5.41) is 0. The number of fused-ring (bicyclic) bond motifs is 3. The van der Waals surface area contributed by atoms with E-state index >= 15 is 0 Å². The number of hydrogen-bond acceptors (Lipinski definition) is 5. The van der Waals surface area contributed by atoms with Crippen LogP contribution in [0.4, 0.5) is 0 Å². The molecule has 0 N–H and O–H groups in total. The van der Waals surface area contributed by atoms with E-state index in [1.807, 2.05) is 11.3 Å². The summed E-state index contributed by atoms with van der Waals surface area (Å²) < 4.78 is 2.27. The molecule has 0 aromatic carbocycles. The molecule has 5 rings (SSSR count). The lowest BCUT2D eigenvalue weighted by molar-refractivity contribution is 0.104. The summed E-state index contributed by atoms with van der Waals surface area (Å²) in [6.45, 7) is 4.41. The molecule has 1 nitrogen and oxygen atoms in total. The Hall–Kier alpha value is -0.570. The van der Waals surface area contributed by atoms with Crippen molar-refractivity contribution in [1.29, 1.82) is 0 Å². The average Bonchev–Trinajstić information content (AvgIpc) is 3.67. The lowest BCUT2D eigenvalue weighted by Gasteiger charge is -2.07. The van der Waals surface area contributed by atoms with E-state index in [4.69, 9.17) is 0 Å². The molecule has 0 amide bonds. The van der Waals surface area contributed by atoms with Crippen LogP contribution in [0.15, 0.2) is 31.8 Å². The number of ketones is 1. The number of hydrogen-bond donors (Lipinski definition) is 0. The highest BCUT2D eigenvalue weighted by molar-refractivity contribution is 9.11. The van der Waals surface area contributed by atoms with E-state index in [1.165, 1.54) is 92.6 Å². The van der Waals surface area contributed by atoms with Crippen LogP contribution < -0.4 is 0 Å². The van der Waals surface area contributed by atoms with Gasteiger partial charge in [-0.25, -0.2) is 0 Å². The highest BCUT2D eigenvalue weighted by atomic mass is 79.9. The Labute approximate surface area is 253 Å². The minimum atomic E-state index is 0.251. The van der Waals surface area contributed by atoms with Crippen LogP contribution in [-0.4, -0.2) is 5.78 Å². The van der Waals surface area contributed by atoms with Crippen LogP contribution in [0, 0.1) is 6.92 Å². The first-order valence-corrected chi connectivity index (χ1v) is 18.2. The minimum Gasteiger partial charge on any atom is -0.288 e. The Morgan fingerprint density at radius 2 is 1.14 bits per heavy atom. The molecule has 4 aromatic heterocycles. The zero-order chi connectivity index (χ0) is 25.9. The maximum atomic E-state index is 13.9. The first-order valence-electron chi connectivity index (χ1n) is 13.3. The third-order valence-electron chi connectivity index (χ3n) is 7.19. The van der Waals surface area contributed by atoms with Gasteiger partial charge in [0.1, 0.15) is 0 Å². The van der Waals surface area contributed by atoms with E-state index < -0.39 is 0 Å². The molecule has 0 radical (unpaired) electrons. The number of halogens is 2. The molecule has 0 spiro atoms. The lowest BCUT2D eigenvalue weighted by atomic mass is 9.98. The van der Waals surface area contributed by atoms with Gasteiger partial charge in [0.25, 0.3) is 0 Å². The van der Waals surface area contributed by atoms with E-state index in [-0.39, 0.29) is 5.78 Å². The maximum absolute atomic E-state index is 13.9. The third kappa shape index (κ3) is 5.97. The fourth-order valence-electron chi connectivity index (χ4n) is 5.27. The summed E-state index contributed by atoms with van der Waals surface area (Å²) in [7, 11) is 0. The van der Waals surface area contributed by atoms with Crippen molar-refractivity contribution in [3.8, 4) is 29.3 Å². The number of rotatable bonds is 13. The summed E-state index contributed by atoms with van der Waals surface area (Å²) >= 11 is 14.4. The van der Waals surface area contributed by atoms with Gasteiger partial charge in [-0.05, 0) is 87.0 Å². The molecular weight excluding hydrogens is 664 g/mol. The van der Waals surface area contributed by atoms with Gasteiger partial charge >= 0.3 is 0 Å². The van der Waals surface area contributed by atoms with E-state index in [2.05, 4.69) is 70.0 Å². The van der Waals surface area contributed by atoms with E-state index in [0.29, 0.717) is 0 Å². The normalized spacial score (nSPS) is 12.5. The zero-order valence-electron chi connectivity index (χ0n) is 21.4. The SMILES string of the molecule is CCCCCCCCCCCCc1c(-c2ccc(Br)s2)sc2c1C(=O)c1c-2sc(-c2ccc(Br)s2)c1C. The molecule has 0 atom stereocenters. The summed E-state index contributed by atoms with van der Waals surface area (Å²) in [6.07, 6.45) is 14.3. The molecular formula is C30H32Br2OS4. The monoisotopic (exact) mass is 694 g/mol. The highest BCUT2D eigenvalue weighted by Gasteiger charge is 2.38. The molecule has 0 fully saturated rings. The molecule has 0 saturated heterocycles. The largest absolute Gasteiger partial charge is 0.288 e. The van der Waals surface area contributed by atoms with Gasteiger partial charge in [-0.15, -0.1) is 45.3 Å². The topological polar surface area (TPSA) is 17.1 Å². The third-order valence-corrected chi connectivity index (χ3v) is 13.5. The molecule has 0 aliphatic heterocycles. The summed E-state index contributed by atoms with van der Waals surface area (Å²) in [5.74, 6) is 0.251. The fraction of sp³-hybridized carbons (Fsp3) is 0.433. The molecule has 4 heterocycles. The first-order chi connectivity index (χ1) is 18.0. The Balaban J connectivity index is 1.34. The van der Waals surface area contributed by atoms with Crippen LogP contribution in [0.2, 0.25) is 0 Å². The van der Waals surface area contributed by atoms with Crippen LogP contribution in [0.1, 0.15) is 98.2 Å². The predicted molar refractivity (Wildman–Crippen MR) is 173 cm³/mol. The van der Waals surface area contributed by atoms with Gasteiger partial charge in [0.2, 0.25) is 0 Å². The van der Waals surface area contributed by atoms with Gasteiger partial charge in [0.15, 0.2) is 5.78 Å². The first kappa shape index (κ1) is 28.0. The van der Waals surface area contributed by atoms with Gasteiger partial charge in [0.05, 0.1) is 17.3 Å². The average molecular weight is 697 g/mol. The smallest absolute Gasteiger partial charge is 0.196 e. The van der Waals surface area contributed by atoms with Crippen molar-refractivity contribution < 1.29 is 4.79 Å². The summed E-state index contributed by atoms with van der Waals surface area (Å²) in [6, 6.07) is 8.59. The van der Waals surface area contributed by atoms with Crippen molar-refractivity contribution in [3.05, 3.63) is 54.1 Å². The predicted octanol–water partition coefficient (Wildman–Crippen LogP) is 12.8. The van der Waals surface area contributed by atoms with Crippen molar-refractivity contribution in [2.24, 2.45) is 0 Å². The zero-order valence-corrected chi connectivity index (χ0v) is 27.8. The van der Waals surface area contributed by atoms with E-state index in [0.717, 1.165) is 37.1 Å². The molecule has 0 bridgehead atoms. The lowest BCUT2D eigenvalue weighted by Crippen LogP contribution is -2.01. The van der Waals surface area contributed by atoms with Gasteiger partial charge in [0, 0.05) is 30.6 Å². The Bertz CT molecular complexity index is 1390. The Kier molecular flexibility index (Phi) is 9.63. The summed E-state index contributed by atoms with van der Waals surface area (Å²) in [5.41, 5.74) is 4.40. The second-order valence-corrected chi connectivity index (χ2v) is 16.8. The summed E-state index contributed by atoms with van der Waals surface area (Å²) in [4.78, 5) is 21.4. The number of carbonyl (C=O) groups is 1. The van der Waals surface area contributed by atoms with Crippen LogP contribution >= 0.6 is 77.2 Å². The van der Waals surface area contributed by atoms with Gasteiger partial charge in [-0.3, -0.25) is 4.79 Å². The molecule has 37 heavy (non-hydrogen) atoms. The van der Waals surface area contributed by atoms with Gasteiger partial charge < -0.3 is 0 Å². The number of carbonyl (C=O) groups excluding carboxylic acids is 1. The van der Waals surface area contributed by atoms with Gasteiger partial charge in [-0.1, -0.05) is 64.7 Å². The molecule has 0 unspecified atom stereocenters. The standard InChI is InChI=1S/C30H32Br2OS4/c1-3-4-5-6-7-8-9-10-11-12-13-19-25-26(33)24-18(2)27(20-14-16-22(31)34-20)36-29(24)30(25)37-28(19)21-15-17-23(32)35-21/h14-17H,3-13H2,1-2H3. The fourth-order valence-corrected chi connectivity index (χ4v) is 11.1. The molecule has 1 aliphatic rings. The second kappa shape index (κ2) is 12.7. The molecule has 196 valence electrons. The van der Waals surface area contributed by atoms with E-state index in [9.17, 15) is 4.79 Å². The van der Waals surface area contributed by atoms with E-state index in [1.54, 1.807) is 34.0 Å². The van der Waals surface area contributed by atoms with Crippen molar-refractivity contribution in [3.63, 3.8) is 0 Å². The molecule has 7 heteroatoms. The van der Waals surface area contributed by atoms with Crippen molar-refractivity contribution in [2.45, 2.75) is 84.5 Å². The molecule has 0 saturated carbocycles. The van der Waals surface area contributed by atoms with Crippen molar-refractivity contribution in [1.82, 2.24) is 0 Å². The number of unbranched alkanes of at least 4 members (excludes halogenated alkanes) is 9. The molecule has 1 aliphatic carbocycles. The van der Waals surface area contributed by atoms with Crippen LogP contribution in [0.25, 0.3) is 29.3 Å². The van der Waals surface area contributed by atoms with Crippen LogP contribution in [-0.2, 0) is 6.42 Å². The Morgan fingerprint density at radius 3 is 1.70 bits per heavy atom. The minimum absolute atomic E-state index is 0.251. The Morgan fingerprint density at radius 1 is 0.622 bits per heavy atom. The highest BCUT2D eigenvalue weighted by Crippen LogP contribution is 2.56. The second-order valence-electron chi connectivity index (χ2n) is 9.84.